The second kappa shape index (κ2) is 8.91. The van der Waals surface area contributed by atoms with E-state index in [1.807, 2.05) is 18.2 Å². The van der Waals surface area contributed by atoms with Crippen LogP contribution >= 0.6 is 0 Å². The Balaban J connectivity index is 1.37. The van der Waals surface area contributed by atoms with Gasteiger partial charge in [-0.05, 0) is 70.5 Å². The van der Waals surface area contributed by atoms with E-state index >= 15 is 0 Å². The molecule has 1 N–H and O–H groups in total. The first kappa shape index (κ1) is 21.7. The van der Waals surface area contributed by atoms with Crippen LogP contribution in [0.2, 0.25) is 0 Å². The zero-order chi connectivity index (χ0) is 22.0. The highest BCUT2D eigenvalue weighted by Gasteiger charge is 2.36. The molecule has 2 aliphatic heterocycles. The van der Waals surface area contributed by atoms with Crippen LogP contribution in [0.1, 0.15) is 55.8 Å². The molecule has 5 nitrogen and oxygen atoms in total. The number of ether oxygens (including phenoxy) is 2. The van der Waals surface area contributed by atoms with Gasteiger partial charge >= 0.3 is 0 Å². The van der Waals surface area contributed by atoms with Crippen LogP contribution in [0.5, 0.6) is 11.5 Å². The molecule has 31 heavy (non-hydrogen) atoms. The molecule has 2 aliphatic rings. The zero-order valence-corrected chi connectivity index (χ0v) is 19.1. The predicted molar refractivity (Wildman–Crippen MR) is 122 cm³/mol. The van der Waals surface area contributed by atoms with Crippen molar-refractivity contribution in [2.24, 2.45) is 5.92 Å². The fourth-order valence-corrected chi connectivity index (χ4v) is 4.68. The van der Waals surface area contributed by atoms with E-state index in [2.05, 4.69) is 55.3 Å². The summed E-state index contributed by atoms with van der Waals surface area (Å²) in [6.45, 7) is 9.12. The molecule has 1 saturated heterocycles. The number of nitrogens with one attached hydrogen (secondary N) is 1. The van der Waals surface area contributed by atoms with Gasteiger partial charge in [0.1, 0.15) is 17.1 Å². The highest BCUT2D eigenvalue weighted by atomic mass is 16.5. The number of carbonyl (C=O) groups excluding carboxylic acids is 1. The van der Waals surface area contributed by atoms with Crippen molar-refractivity contribution < 1.29 is 14.3 Å². The lowest BCUT2D eigenvalue weighted by molar-refractivity contribution is -0.127. The van der Waals surface area contributed by atoms with Gasteiger partial charge in [-0.1, -0.05) is 29.8 Å². The van der Waals surface area contributed by atoms with Gasteiger partial charge in [0.25, 0.3) is 0 Å². The van der Waals surface area contributed by atoms with Crippen molar-refractivity contribution in [2.75, 3.05) is 20.2 Å². The highest BCUT2D eigenvalue weighted by molar-refractivity contribution is 5.79. The Morgan fingerprint density at radius 2 is 1.87 bits per heavy atom. The van der Waals surface area contributed by atoms with E-state index in [0.717, 1.165) is 56.0 Å². The summed E-state index contributed by atoms with van der Waals surface area (Å²) in [4.78, 5) is 15.6. The molecule has 0 bridgehead atoms. The summed E-state index contributed by atoms with van der Waals surface area (Å²) in [5.41, 5.74) is 3.30. The summed E-state index contributed by atoms with van der Waals surface area (Å²) >= 11 is 0. The fraction of sp³-hybridized carbons (Fsp3) is 0.500. The van der Waals surface area contributed by atoms with E-state index in [-0.39, 0.29) is 23.5 Å². The lowest BCUT2D eigenvalue weighted by Crippen LogP contribution is -2.45. The van der Waals surface area contributed by atoms with Gasteiger partial charge < -0.3 is 14.8 Å². The monoisotopic (exact) mass is 422 g/mol. The van der Waals surface area contributed by atoms with Crippen molar-refractivity contribution in [1.29, 1.82) is 0 Å². The molecule has 0 spiro atoms. The molecular weight excluding hydrogens is 388 g/mol. The topological polar surface area (TPSA) is 50.8 Å². The molecule has 2 aromatic rings. The molecule has 0 radical (unpaired) electrons. The van der Waals surface area contributed by atoms with Crippen molar-refractivity contribution in [3.8, 4) is 11.5 Å². The molecule has 0 unspecified atom stereocenters. The summed E-state index contributed by atoms with van der Waals surface area (Å²) in [6, 6.07) is 14.5. The molecule has 1 atom stereocenters. The molecule has 1 fully saturated rings. The molecule has 0 aliphatic carbocycles. The first-order chi connectivity index (χ1) is 14.8. The fourth-order valence-electron chi connectivity index (χ4n) is 4.68. The van der Waals surface area contributed by atoms with Crippen molar-refractivity contribution in [1.82, 2.24) is 10.2 Å². The van der Waals surface area contributed by atoms with Crippen molar-refractivity contribution in [3.63, 3.8) is 0 Å². The summed E-state index contributed by atoms with van der Waals surface area (Å²) in [5, 5.41) is 3.33. The standard InChI is InChI=1S/C26H34N2O3/c1-18-5-7-19(8-6-18)17-28-13-11-20(12-14-28)25(29)27-23-16-26(2,3)31-24-10-9-21(30-4)15-22(23)24/h5-10,15,20,23H,11-14,16-17H2,1-4H3,(H,27,29)/t23-/m1/s1. The number of carbonyl (C=O) groups is 1. The summed E-state index contributed by atoms with van der Waals surface area (Å²) in [6.07, 6.45) is 2.54. The van der Waals surface area contributed by atoms with Crippen LogP contribution in [0.3, 0.4) is 0 Å². The minimum Gasteiger partial charge on any atom is -0.497 e. The lowest BCUT2D eigenvalue weighted by Gasteiger charge is -2.39. The van der Waals surface area contributed by atoms with Gasteiger partial charge in [0.05, 0.1) is 13.2 Å². The maximum atomic E-state index is 13.1. The molecule has 1 amide bonds. The number of methoxy groups -OCH3 is 1. The Hall–Kier alpha value is -2.53. The number of benzene rings is 2. The van der Waals surface area contributed by atoms with E-state index in [1.165, 1.54) is 11.1 Å². The van der Waals surface area contributed by atoms with Gasteiger partial charge in [-0.25, -0.2) is 0 Å². The molecule has 5 heteroatoms. The van der Waals surface area contributed by atoms with E-state index in [4.69, 9.17) is 9.47 Å². The Labute approximate surface area is 185 Å². The first-order valence-electron chi connectivity index (χ1n) is 11.3. The average molecular weight is 423 g/mol. The van der Waals surface area contributed by atoms with Crippen LogP contribution < -0.4 is 14.8 Å². The quantitative estimate of drug-likeness (QED) is 0.763. The van der Waals surface area contributed by atoms with Crippen LogP contribution in [0.25, 0.3) is 0 Å². The van der Waals surface area contributed by atoms with E-state index < -0.39 is 0 Å². The minimum atomic E-state index is -0.322. The van der Waals surface area contributed by atoms with Gasteiger partial charge in [-0.3, -0.25) is 9.69 Å². The zero-order valence-electron chi connectivity index (χ0n) is 19.1. The Morgan fingerprint density at radius 3 is 2.55 bits per heavy atom. The molecule has 166 valence electrons. The number of hydrogen-bond acceptors (Lipinski definition) is 4. The summed E-state index contributed by atoms with van der Waals surface area (Å²) in [5.74, 6) is 1.83. The van der Waals surface area contributed by atoms with Gasteiger partial charge in [-0.2, -0.15) is 0 Å². The Bertz CT molecular complexity index is 915. The van der Waals surface area contributed by atoms with Crippen LogP contribution in [0.15, 0.2) is 42.5 Å². The number of hydrogen-bond donors (Lipinski definition) is 1. The third-order valence-electron chi connectivity index (χ3n) is 6.48. The number of likely N-dealkylation sites (tertiary alicyclic amines) is 1. The third kappa shape index (κ3) is 5.21. The van der Waals surface area contributed by atoms with Crippen LogP contribution in [-0.2, 0) is 11.3 Å². The van der Waals surface area contributed by atoms with E-state index in [0.29, 0.717) is 0 Å². The smallest absolute Gasteiger partial charge is 0.223 e. The normalized spacial score (nSPS) is 21.1. The van der Waals surface area contributed by atoms with Crippen LogP contribution in [0.4, 0.5) is 0 Å². The highest BCUT2D eigenvalue weighted by Crippen LogP contribution is 2.41. The van der Waals surface area contributed by atoms with Crippen LogP contribution in [0, 0.1) is 12.8 Å². The predicted octanol–water partition coefficient (Wildman–Crippen LogP) is 4.63. The molecule has 4 rings (SSSR count). The molecule has 2 heterocycles. The van der Waals surface area contributed by atoms with Crippen LogP contribution in [-0.4, -0.2) is 36.6 Å². The lowest BCUT2D eigenvalue weighted by atomic mass is 9.88. The van der Waals surface area contributed by atoms with Crippen molar-refractivity contribution in [2.45, 2.75) is 58.2 Å². The number of fused-ring (bicyclic) bond motifs is 1. The molecular formula is C26H34N2O3. The number of amides is 1. The first-order valence-corrected chi connectivity index (χ1v) is 11.3. The molecule has 0 aromatic heterocycles. The van der Waals surface area contributed by atoms with E-state index in [1.54, 1.807) is 7.11 Å². The second-order valence-electron chi connectivity index (χ2n) is 9.57. The summed E-state index contributed by atoms with van der Waals surface area (Å²) in [7, 11) is 1.66. The second-order valence-corrected chi connectivity index (χ2v) is 9.57. The number of nitrogens with zero attached hydrogens (tertiary/aromatic N) is 1. The van der Waals surface area contributed by atoms with E-state index in [9.17, 15) is 4.79 Å². The average Bonchev–Trinajstić information content (AvgIpc) is 2.75. The maximum absolute atomic E-state index is 13.1. The number of piperidine rings is 1. The van der Waals surface area contributed by atoms with Gasteiger partial charge in [-0.15, -0.1) is 0 Å². The summed E-state index contributed by atoms with van der Waals surface area (Å²) < 4.78 is 11.5. The van der Waals surface area contributed by atoms with Crippen molar-refractivity contribution >= 4 is 5.91 Å². The maximum Gasteiger partial charge on any atom is 0.223 e. The number of rotatable bonds is 5. The third-order valence-corrected chi connectivity index (χ3v) is 6.48. The minimum absolute atomic E-state index is 0.0630. The Kier molecular flexibility index (Phi) is 6.24. The largest absolute Gasteiger partial charge is 0.497 e. The van der Waals surface area contributed by atoms with Gasteiger partial charge in [0, 0.05) is 24.4 Å². The molecule has 2 aromatic carbocycles. The van der Waals surface area contributed by atoms with Gasteiger partial charge in [0.2, 0.25) is 5.91 Å². The number of aryl methyl sites for hydroxylation is 1. The Morgan fingerprint density at radius 1 is 1.16 bits per heavy atom. The van der Waals surface area contributed by atoms with Crippen molar-refractivity contribution in [3.05, 3.63) is 59.2 Å². The van der Waals surface area contributed by atoms with Gasteiger partial charge in [0.15, 0.2) is 0 Å². The molecule has 0 saturated carbocycles. The SMILES string of the molecule is COc1ccc2c(c1)[C@H](NC(=O)C1CCN(Cc3ccc(C)cc3)CC1)CC(C)(C)O2.